The number of aromatic nitrogens is 2. The molecule has 0 spiro atoms. The fourth-order valence-electron chi connectivity index (χ4n) is 1.72. The second kappa shape index (κ2) is 3.74. The Morgan fingerprint density at radius 2 is 2.18 bits per heavy atom. The van der Waals surface area contributed by atoms with E-state index in [0.717, 1.165) is 29.9 Å². The zero-order chi connectivity index (χ0) is 12.7. The van der Waals surface area contributed by atoms with Crippen LogP contribution in [0.1, 0.15) is 18.4 Å². The van der Waals surface area contributed by atoms with Crippen molar-refractivity contribution in [3.05, 3.63) is 18.0 Å². The third-order valence-corrected chi connectivity index (χ3v) is 2.90. The van der Waals surface area contributed by atoms with Crippen LogP contribution in [-0.4, -0.2) is 15.3 Å². The third kappa shape index (κ3) is 2.42. The molecule has 0 aromatic carbocycles. The Morgan fingerprint density at radius 3 is 2.59 bits per heavy atom. The van der Waals surface area contributed by atoms with Crippen LogP contribution in [0, 0.1) is 17.2 Å². The Morgan fingerprint density at radius 1 is 1.53 bits per heavy atom. The number of nitrogens with zero attached hydrogens (tertiary/aromatic N) is 3. The van der Waals surface area contributed by atoms with Gasteiger partial charge in [-0.15, -0.1) is 0 Å². The zero-order valence-corrected chi connectivity index (χ0v) is 8.91. The summed E-state index contributed by atoms with van der Waals surface area (Å²) in [5, 5.41) is 12.6. The average Bonchev–Trinajstić information content (AvgIpc) is 2.99. The molecule has 1 aliphatic carbocycles. The summed E-state index contributed by atoms with van der Waals surface area (Å²) in [7, 11) is 0. The summed E-state index contributed by atoms with van der Waals surface area (Å²) in [6, 6.07) is 1.97. The van der Waals surface area contributed by atoms with Crippen molar-refractivity contribution in [1.29, 1.82) is 5.26 Å². The van der Waals surface area contributed by atoms with Gasteiger partial charge in [0.05, 0.1) is 24.4 Å². The summed E-state index contributed by atoms with van der Waals surface area (Å²) in [4.78, 5) is 0. The Bertz CT molecular complexity index is 455. The number of hydrogen-bond donors (Lipinski definition) is 1. The highest BCUT2D eigenvalue weighted by molar-refractivity contribution is 5.15. The first-order chi connectivity index (χ1) is 7.85. The maximum atomic E-state index is 12.3. The lowest BCUT2D eigenvalue weighted by Gasteiger charge is -2.20. The highest BCUT2D eigenvalue weighted by atomic mass is 19.4. The number of alkyl halides is 3. The number of rotatable bonds is 3. The van der Waals surface area contributed by atoms with Gasteiger partial charge in [-0.3, -0.25) is 4.68 Å². The van der Waals surface area contributed by atoms with Gasteiger partial charge in [-0.2, -0.15) is 23.5 Å². The molecule has 0 radical (unpaired) electrons. The maximum Gasteiger partial charge on any atom is 0.419 e. The Hall–Kier alpha value is -1.55. The molecular formula is C10H11F3N4. The van der Waals surface area contributed by atoms with E-state index in [9.17, 15) is 13.2 Å². The van der Waals surface area contributed by atoms with Crippen LogP contribution in [0.4, 0.5) is 13.2 Å². The first-order valence-corrected chi connectivity index (χ1v) is 5.15. The molecule has 0 saturated heterocycles. The van der Waals surface area contributed by atoms with Gasteiger partial charge in [0.1, 0.15) is 5.54 Å². The fraction of sp³-hybridized carbons (Fsp3) is 0.600. The number of nitriles is 1. The first kappa shape index (κ1) is 11.9. The third-order valence-electron chi connectivity index (χ3n) is 2.90. The summed E-state index contributed by atoms with van der Waals surface area (Å²) in [6.45, 7) is -0.00968. The normalized spacial score (nSPS) is 19.7. The lowest BCUT2D eigenvalue weighted by molar-refractivity contribution is -0.137. The number of halogens is 3. The smallest absolute Gasteiger partial charge is 0.312 e. The van der Waals surface area contributed by atoms with Crippen LogP contribution >= 0.6 is 0 Å². The van der Waals surface area contributed by atoms with Crippen molar-refractivity contribution in [3.8, 4) is 6.07 Å². The van der Waals surface area contributed by atoms with E-state index in [1.807, 2.05) is 6.07 Å². The van der Waals surface area contributed by atoms with Crippen LogP contribution in [0.5, 0.6) is 0 Å². The molecule has 0 bridgehead atoms. The summed E-state index contributed by atoms with van der Waals surface area (Å²) >= 11 is 0. The van der Waals surface area contributed by atoms with Gasteiger partial charge in [0.25, 0.3) is 0 Å². The molecule has 1 aromatic rings. The van der Waals surface area contributed by atoms with Crippen LogP contribution < -0.4 is 5.73 Å². The van der Waals surface area contributed by atoms with Gasteiger partial charge >= 0.3 is 6.18 Å². The van der Waals surface area contributed by atoms with Gasteiger partial charge in [0.2, 0.25) is 0 Å². The Balaban J connectivity index is 2.14. The van der Waals surface area contributed by atoms with Crippen molar-refractivity contribution >= 4 is 0 Å². The van der Waals surface area contributed by atoms with Crippen molar-refractivity contribution in [2.24, 2.45) is 11.7 Å². The van der Waals surface area contributed by atoms with Gasteiger partial charge in [0.15, 0.2) is 0 Å². The summed E-state index contributed by atoms with van der Waals surface area (Å²) in [6.07, 6.45) is -1.11. The molecule has 0 amide bonds. The molecule has 7 heteroatoms. The molecule has 1 saturated carbocycles. The second-order valence-electron chi connectivity index (χ2n) is 4.35. The van der Waals surface area contributed by atoms with E-state index in [1.165, 1.54) is 0 Å². The Labute approximate surface area is 95.8 Å². The largest absolute Gasteiger partial charge is 0.419 e. The molecule has 4 nitrogen and oxygen atoms in total. The van der Waals surface area contributed by atoms with Crippen molar-refractivity contribution in [2.75, 3.05) is 0 Å². The number of nitrogens with two attached hydrogens (primary N) is 1. The lowest BCUT2D eigenvalue weighted by atomic mass is 9.97. The molecule has 1 atom stereocenters. The van der Waals surface area contributed by atoms with E-state index >= 15 is 0 Å². The molecule has 2 rings (SSSR count). The monoisotopic (exact) mass is 244 g/mol. The predicted molar refractivity (Wildman–Crippen MR) is 52.5 cm³/mol. The Kier molecular flexibility index (Phi) is 2.62. The molecule has 1 heterocycles. The molecule has 1 aliphatic rings. The van der Waals surface area contributed by atoms with Gasteiger partial charge in [-0.1, -0.05) is 0 Å². The van der Waals surface area contributed by atoms with Crippen LogP contribution in [-0.2, 0) is 12.7 Å². The maximum absolute atomic E-state index is 12.3. The molecule has 92 valence electrons. The quantitative estimate of drug-likeness (QED) is 0.876. The molecular weight excluding hydrogens is 233 g/mol. The highest BCUT2D eigenvalue weighted by Crippen LogP contribution is 2.39. The van der Waals surface area contributed by atoms with Crippen LogP contribution in [0.2, 0.25) is 0 Å². The minimum atomic E-state index is -4.41. The van der Waals surface area contributed by atoms with E-state index in [-0.39, 0.29) is 12.5 Å². The topological polar surface area (TPSA) is 67.6 Å². The van der Waals surface area contributed by atoms with E-state index in [1.54, 1.807) is 0 Å². The van der Waals surface area contributed by atoms with Gasteiger partial charge < -0.3 is 5.73 Å². The predicted octanol–water partition coefficient (Wildman–Crippen LogP) is 1.53. The zero-order valence-electron chi connectivity index (χ0n) is 8.91. The molecule has 1 fully saturated rings. The average molecular weight is 244 g/mol. The van der Waals surface area contributed by atoms with Crippen LogP contribution in [0.25, 0.3) is 0 Å². The lowest BCUT2D eigenvalue weighted by Crippen LogP contribution is -2.45. The summed E-state index contributed by atoms with van der Waals surface area (Å²) < 4.78 is 38.1. The molecule has 0 aliphatic heterocycles. The van der Waals surface area contributed by atoms with Gasteiger partial charge in [-0.25, -0.2) is 0 Å². The minimum absolute atomic E-state index is 0.00968. The first-order valence-electron chi connectivity index (χ1n) is 5.15. The van der Waals surface area contributed by atoms with E-state index < -0.39 is 17.3 Å². The summed E-state index contributed by atoms with van der Waals surface area (Å²) in [5.74, 6) is 0.0611. The fourth-order valence-corrected chi connectivity index (χ4v) is 1.72. The standard InChI is InChI=1S/C10H11F3N4/c11-10(12,13)8-3-16-17(4-8)6-9(15,5-14)7-1-2-7/h3-4,7H,1-2,6,15H2. The van der Waals surface area contributed by atoms with Crippen molar-refractivity contribution in [1.82, 2.24) is 9.78 Å². The van der Waals surface area contributed by atoms with Crippen molar-refractivity contribution < 1.29 is 13.2 Å². The van der Waals surface area contributed by atoms with Gasteiger partial charge in [-0.05, 0) is 18.8 Å². The van der Waals surface area contributed by atoms with Crippen LogP contribution in [0.15, 0.2) is 12.4 Å². The van der Waals surface area contributed by atoms with E-state index in [4.69, 9.17) is 11.0 Å². The molecule has 1 unspecified atom stereocenters. The molecule has 17 heavy (non-hydrogen) atoms. The van der Waals surface area contributed by atoms with Gasteiger partial charge in [0, 0.05) is 6.20 Å². The van der Waals surface area contributed by atoms with E-state index in [2.05, 4.69) is 5.10 Å². The minimum Gasteiger partial charge on any atom is -0.312 e. The highest BCUT2D eigenvalue weighted by Gasteiger charge is 2.43. The van der Waals surface area contributed by atoms with E-state index in [0.29, 0.717) is 0 Å². The van der Waals surface area contributed by atoms with Crippen molar-refractivity contribution in [2.45, 2.75) is 31.1 Å². The van der Waals surface area contributed by atoms with Crippen LogP contribution in [0.3, 0.4) is 0 Å². The number of hydrogen-bond acceptors (Lipinski definition) is 3. The molecule has 1 aromatic heterocycles. The second-order valence-corrected chi connectivity index (χ2v) is 4.35. The molecule has 2 N–H and O–H groups in total. The SMILES string of the molecule is N#CC(N)(Cn1cc(C(F)(F)F)cn1)C1CC1. The van der Waals surface area contributed by atoms with Crippen molar-refractivity contribution in [3.63, 3.8) is 0 Å². The summed E-state index contributed by atoms with van der Waals surface area (Å²) in [5.41, 5.74) is 3.91.